The minimum Gasteiger partial charge on any atom is -0.443 e. The quantitative estimate of drug-likeness (QED) is 0.656. The van der Waals surface area contributed by atoms with Crippen LogP contribution in [0.25, 0.3) is 11.1 Å². The third-order valence-corrected chi connectivity index (χ3v) is 1.78. The van der Waals surface area contributed by atoms with Crippen LogP contribution < -0.4 is 5.73 Å². The van der Waals surface area contributed by atoms with Crippen LogP contribution in [-0.2, 0) is 0 Å². The Hall–Kier alpha value is -2.02. The van der Waals surface area contributed by atoms with Crippen molar-refractivity contribution in [2.75, 3.05) is 5.73 Å². The molecule has 0 aromatic carbocycles. The molecule has 2 N–H and O–H groups in total. The number of anilines is 1. The van der Waals surface area contributed by atoms with Crippen LogP contribution in [0.1, 0.15) is 11.3 Å². The molecule has 4 heteroatoms. The van der Waals surface area contributed by atoms with E-state index < -0.39 is 0 Å². The van der Waals surface area contributed by atoms with Crippen molar-refractivity contribution in [3.8, 4) is 6.07 Å². The summed E-state index contributed by atoms with van der Waals surface area (Å²) in [5, 5.41) is 9.49. The lowest BCUT2D eigenvalue weighted by atomic mass is 10.2. The molecule has 0 amide bonds. The third kappa shape index (κ3) is 1.11. The van der Waals surface area contributed by atoms with Gasteiger partial charge in [0.05, 0.1) is 5.56 Å². The fourth-order valence-corrected chi connectivity index (χ4v) is 1.20. The molecule has 2 rings (SSSR count). The number of nitrogens with zero attached hydrogens (tertiary/aromatic N) is 2. The van der Waals surface area contributed by atoms with Gasteiger partial charge in [-0.2, -0.15) is 10.2 Å². The Bertz CT molecular complexity index is 507. The van der Waals surface area contributed by atoms with Crippen molar-refractivity contribution in [1.29, 1.82) is 5.26 Å². The zero-order valence-electron chi connectivity index (χ0n) is 7.03. The van der Waals surface area contributed by atoms with E-state index in [4.69, 9.17) is 15.4 Å². The fourth-order valence-electron chi connectivity index (χ4n) is 1.20. The summed E-state index contributed by atoms with van der Waals surface area (Å²) in [6.45, 7) is 1.82. The Labute approximate surface area is 74.6 Å². The molecule has 0 atom stereocenters. The summed E-state index contributed by atoms with van der Waals surface area (Å²) >= 11 is 0. The van der Waals surface area contributed by atoms with E-state index in [9.17, 15) is 0 Å². The summed E-state index contributed by atoms with van der Waals surface area (Å²) < 4.78 is 5.25. The second kappa shape index (κ2) is 2.49. The van der Waals surface area contributed by atoms with Gasteiger partial charge in [-0.05, 0) is 19.1 Å². The second-order valence-electron chi connectivity index (χ2n) is 2.78. The largest absolute Gasteiger partial charge is 0.443 e. The van der Waals surface area contributed by atoms with Crippen LogP contribution in [0.5, 0.6) is 0 Å². The molecule has 0 saturated carbocycles. The lowest BCUT2D eigenvalue weighted by Crippen LogP contribution is -1.93. The maximum Gasteiger partial charge on any atom is 0.228 e. The molecule has 0 spiro atoms. The van der Waals surface area contributed by atoms with Crippen LogP contribution >= 0.6 is 0 Å². The predicted molar refractivity (Wildman–Crippen MR) is 47.9 cm³/mol. The first-order valence-electron chi connectivity index (χ1n) is 3.77. The van der Waals surface area contributed by atoms with Gasteiger partial charge in [0.2, 0.25) is 5.71 Å². The first kappa shape index (κ1) is 7.62. The van der Waals surface area contributed by atoms with Crippen LogP contribution in [0.4, 0.5) is 5.82 Å². The standard InChI is InChI=1S/C9H7N3O/c1-5-2-6-3-7(4-10)8(11)12-9(6)13-5/h2-3H,1H3,(H2,11,12). The highest BCUT2D eigenvalue weighted by Crippen LogP contribution is 2.20. The molecule has 2 aromatic rings. The van der Waals surface area contributed by atoms with Gasteiger partial charge < -0.3 is 10.2 Å². The smallest absolute Gasteiger partial charge is 0.228 e. The highest BCUT2D eigenvalue weighted by molar-refractivity contribution is 5.78. The molecule has 13 heavy (non-hydrogen) atoms. The van der Waals surface area contributed by atoms with E-state index in [-0.39, 0.29) is 5.82 Å². The van der Waals surface area contributed by atoms with E-state index in [1.165, 1.54) is 0 Å². The number of pyridine rings is 1. The number of rotatable bonds is 0. The Morgan fingerprint density at radius 3 is 3.00 bits per heavy atom. The average molecular weight is 173 g/mol. The number of fused-ring (bicyclic) bond motifs is 1. The topological polar surface area (TPSA) is 75.8 Å². The van der Waals surface area contributed by atoms with Gasteiger partial charge in [0.15, 0.2) is 0 Å². The maximum absolute atomic E-state index is 8.68. The number of furan rings is 1. The van der Waals surface area contributed by atoms with Crippen LogP contribution in [0.15, 0.2) is 16.5 Å². The summed E-state index contributed by atoms with van der Waals surface area (Å²) in [4.78, 5) is 3.96. The van der Waals surface area contributed by atoms with Gasteiger partial charge in [0.1, 0.15) is 17.6 Å². The normalized spacial score (nSPS) is 10.2. The van der Waals surface area contributed by atoms with Gasteiger partial charge >= 0.3 is 0 Å². The van der Waals surface area contributed by atoms with E-state index in [1.807, 2.05) is 19.1 Å². The fraction of sp³-hybridized carbons (Fsp3) is 0.111. The Kier molecular flexibility index (Phi) is 1.46. The molecule has 0 aliphatic carbocycles. The molecule has 2 aromatic heterocycles. The molecule has 4 nitrogen and oxygen atoms in total. The highest BCUT2D eigenvalue weighted by atomic mass is 16.3. The van der Waals surface area contributed by atoms with Gasteiger partial charge in [0, 0.05) is 5.39 Å². The number of hydrogen-bond donors (Lipinski definition) is 1. The van der Waals surface area contributed by atoms with Crippen molar-refractivity contribution in [3.05, 3.63) is 23.5 Å². The SMILES string of the molecule is Cc1cc2cc(C#N)c(N)nc2o1. The Morgan fingerprint density at radius 1 is 1.54 bits per heavy atom. The molecule has 0 unspecified atom stereocenters. The van der Waals surface area contributed by atoms with Crippen LogP contribution in [0, 0.1) is 18.3 Å². The van der Waals surface area contributed by atoms with Crippen molar-refractivity contribution < 1.29 is 4.42 Å². The second-order valence-corrected chi connectivity index (χ2v) is 2.78. The van der Waals surface area contributed by atoms with Crippen molar-refractivity contribution >= 4 is 16.9 Å². The van der Waals surface area contributed by atoms with Crippen molar-refractivity contribution in [2.45, 2.75) is 6.92 Å². The van der Waals surface area contributed by atoms with E-state index >= 15 is 0 Å². The van der Waals surface area contributed by atoms with Crippen LogP contribution in [-0.4, -0.2) is 4.98 Å². The monoisotopic (exact) mass is 173 g/mol. The lowest BCUT2D eigenvalue weighted by Gasteiger charge is -1.93. The molecule has 0 saturated heterocycles. The predicted octanol–water partition coefficient (Wildman–Crippen LogP) is 1.59. The Balaban J connectivity index is 2.82. The van der Waals surface area contributed by atoms with Crippen molar-refractivity contribution in [3.63, 3.8) is 0 Å². The number of aromatic nitrogens is 1. The first-order chi connectivity index (χ1) is 6.20. The molecular formula is C9H7N3O. The molecule has 0 aliphatic rings. The minimum atomic E-state index is 0.212. The molecule has 2 heterocycles. The summed E-state index contributed by atoms with van der Waals surface area (Å²) in [5.41, 5.74) is 6.38. The molecular weight excluding hydrogens is 166 g/mol. The zero-order chi connectivity index (χ0) is 9.42. The zero-order valence-corrected chi connectivity index (χ0v) is 7.03. The number of nitrogens with two attached hydrogens (primary N) is 1. The van der Waals surface area contributed by atoms with Crippen molar-refractivity contribution in [2.24, 2.45) is 0 Å². The summed E-state index contributed by atoms with van der Waals surface area (Å²) in [6, 6.07) is 5.46. The summed E-state index contributed by atoms with van der Waals surface area (Å²) in [7, 11) is 0. The lowest BCUT2D eigenvalue weighted by molar-refractivity contribution is 0.568. The van der Waals surface area contributed by atoms with Gasteiger partial charge in [-0.3, -0.25) is 0 Å². The minimum absolute atomic E-state index is 0.212. The summed E-state index contributed by atoms with van der Waals surface area (Å²) in [5.74, 6) is 0.973. The van der Waals surface area contributed by atoms with E-state index in [0.29, 0.717) is 11.3 Å². The number of hydrogen-bond acceptors (Lipinski definition) is 4. The summed E-state index contributed by atoms with van der Waals surface area (Å²) in [6.07, 6.45) is 0. The number of nitrogen functional groups attached to an aromatic ring is 1. The van der Waals surface area contributed by atoms with Gasteiger partial charge in [-0.25, -0.2) is 0 Å². The Morgan fingerprint density at radius 2 is 2.31 bits per heavy atom. The molecule has 64 valence electrons. The molecule has 0 aliphatic heterocycles. The molecule has 0 fully saturated rings. The highest BCUT2D eigenvalue weighted by Gasteiger charge is 2.06. The first-order valence-corrected chi connectivity index (χ1v) is 3.77. The molecule has 0 bridgehead atoms. The maximum atomic E-state index is 8.68. The van der Waals surface area contributed by atoms with Gasteiger partial charge in [0.25, 0.3) is 0 Å². The molecule has 0 radical (unpaired) electrons. The number of aryl methyl sites for hydroxylation is 1. The van der Waals surface area contributed by atoms with Gasteiger partial charge in [-0.1, -0.05) is 0 Å². The van der Waals surface area contributed by atoms with Crippen LogP contribution in [0.3, 0.4) is 0 Å². The van der Waals surface area contributed by atoms with Crippen molar-refractivity contribution in [1.82, 2.24) is 4.98 Å². The van der Waals surface area contributed by atoms with Crippen LogP contribution in [0.2, 0.25) is 0 Å². The van der Waals surface area contributed by atoms with E-state index in [0.717, 1.165) is 11.1 Å². The van der Waals surface area contributed by atoms with E-state index in [1.54, 1.807) is 6.07 Å². The van der Waals surface area contributed by atoms with E-state index in [2.05, 4.69) is 4.98 Å². The average Bonchev–Trinajstić information content (AvgIpc) is 2.42. The third-order valence-electron chi connectivity index (χ3n) is 1.78. The van der Waals surface area contributed by atoms with Gasteiger partial charge in [-0.15, -0.1) is 0 Å². The number of nitriles is 1.